The largest absolute Gasteiger partial charge is 0.490 e. The predicted octanol–water partition coefficient (Wildman–Crippen LogP) is 4.13. The number of carbonyl (C=O) groups is 2. The van der Waals surface area contributed by atoms with Gasteiger partial charge >= 0.3 is 12.1 Å². The first-order chi connectivity index (χ1) is 19.1. The van der Waals surface area contributed by atoms with Crippen molar-refractivity contribution in [3.63, 3.8) is 0 Å². The molecule has 1 aromatic heterocycles. The van der Waals surface area contributed by atoms with Gasteiger partial charge in [0.05, 0.1) is 11.3 Å². The Morgan fingerprint density at radius 1 is 1.07 bits per heavy atom. The van der Waals surface area contributed by atoms with E-state index in [0.29, 0.717) is 24.7 Å². The van der Waals surface area contributed by atoms with Crippen LogP contribution in [0.2, 0.25) is 0 Å². The molecule has 3 aliphatic heterocycles. The highest BCUT2D eigenvalue weighted by Crippen LogP contribution is 2.41. The summed E-state index contributed by atoms with van der Waals surface area (Å²) in [6.45, 7) is 3.75. The van der Waals surface area contributed by atoms with Gasteiger partial charge in [-0.1, -0.05) is 36.4 Å². The van der Waals surface area contributed by atoms with Crippen molar-refractivity contribution >= 4 is 11.9 Å². The number of nitrogens with zero attached hydrogens (tertiary/aromatic N) is 4. The Morgan fingerprint density at radius 3 is 2.42 bits per heavy atom. The zero-order valence-electron chi connectivity index (χ0n) is 21.6. The van der Waals surface area contributed by atoms with Crippen LogP contribution in [0.4, 0.5) is 13.2 Å². The van der Waals surface area contributed by atoms with Crippen LogP contribution in [-0.4, -0.2) is 76.4 Å². The summed E-state index contributed by atoms with van der Waals surface area (Å²) in [5.74, 6) is -0.413. The Bertz CT molecular complexity index is 1410. The van der Waals surface area contributed by atoms with Gasteiger partial charge < -0.3 is 19.5 Å². The van der Waals surface area contributed by atoms with Crippen LogP contribution >= 0.6 is 0 Å². The molecule has 4 heterocycles. The lowest BCUT2D eigenvalue weighted by Crippen LogP contribution is -2.53. The average Bonchev–Trinajstić information content (AvgIpc) is 3.41. The summed E-state index contributed by atoms with van der Waals surface area (Å²) in [7, 11) is 1.89. The molecule has 6 rings (SSSR count). The zero-order valence-corrected chi connectivity index (χ0v) is 21.6. The molecule has 0 saturated carbocycles. The normalized spacial score (nSPS) is 17.7. The maximum absolute atomic E-state index is 12.9. The van der Waals surface area contributed by atoms with E-state index in [1.807, 2.05) is 48.3 Å². The lowest BCUT2D eigenvalue weighted by Gasteiger charge is -2.46. The number of hydrogen-bond donors (Lipinski definition) is 1. The number of carbonyl (C=O) groups excluding carboxylic acids is 1. The van der Waals surface area contributed by atoms with Crippen molar-refractivity contribution < 1.29 is 37.3 Å². The molecule has 1 amide bonds. The van der Waals surface area contributed by atoms with Gasteiger partial charge in [0.2, 0.25) is 6.79 Å². The summed E-state index contributed by atoms with van der Waals surface area (Å²) in [6, 6.07) is 16.2. The predicted molar refractivity (Wildman–Crippen MR) is 137 cm³/mol. The molecular formula is C28H27F3N4O5. The van der Waals surface area contributed by atoms with E-state index in [1.165, 1.54) is 5.56 Å². The smallest absolute Gasteiger partial charge is 0.475 e. The molecule has 1 N–H and O–H groups in total. The van der Waals surface area contributed by atoms with Gasteiger partial charge in [0.15, 0.2) is 17.3 Å². The Kier molecular flexibility index (Phi) is 7.37. The van der Waals surface area contributed by atoms with Gasteiger partial charge in [-0.05, 0) is 43.6 Å². The fourth-order valence-electron chi connectivity index (χ4n) is 5.31. The number of aliphatic carboxylic acids is 1. The van der Waals surface area contributed by atoms with Crippen molar-refractivity contribution in [3.8, 4) is 22.9 Å². The molecule has 3 aromatic rings. The van der Waals surface area contributed by atoms with E-state index in [4.69, 9.17) is 24.4 Å². The Morgan fingerprint density at radius 2 is 1.75 bits per heavy atom. The summed E-state index contributed by atoms with van der Waals surface area (Å²) in [5, 5.41) is 7.12. The van der Waals surface area contributed by atoms with Crippen molar-refractivity contribution in [2.75, 3.05) is 33.5 Å². The Balaban J connectivity index is 0.000000411. The van der Waals surface area contributed by atoms with Crippen molar-refractivity contribution in [1.29, 1.82) is 0 Å². The highest BCUT2D eigenvalue weighted by atomic mass is 19.4. The minimum absolute atomic E-state index is 0.0121. The van der Waals surface area contributed by atoms with Gasteiger partial charge in [0.1, 0.15) is 0 Å². The van der Waals surface area contributed by atoms with Crippen LogP contribution in [0.25, 0.3) is 11.4 Å². The molecule has 2 aromatic carbocycles. The number of likely N-dealkylation sites (tertiary alicyclic amines) is 1. The number of carboxylic acid groups (broad SMARTS) is 1. The number of ether oxygens (including phenoxy) is 2. The van der Waals surface area contributed by atoms with E-state index in [2.05, 4.69) is 22.0 Å². The van der Waals surface area contributed by atoms with E-state index < -0.39 is 12.1 Å². The van der Waals surface area contributed by atoms with Crippen molar-refractivity contribution in [2.45, 2.75) is 31.0 Å². The molecular weight excluding hydrogens is 529 g/mol. The average molecular weight is 557 g/mol. The number of amides is 1. The van der Waals surface area contributed by atoms with Gasteiger partial charge in [0, 0.05) is 37.3 Å². The van der Waals surface area contributed by atoms with Crippen LogP contribution in [0.5, 0.6) is 11.5 Å². The molecule has 0 atom stereocenters. The van der Waals surface area contributed by atoms with E-state index in [0.717, 1.165) is 55.2 Å². The standard InChI is InChI=1S/C26H26N4O3.C2HF3O2/c1-29-16-26(23-20(25(29)31)14-27-24(28-23)19-5-3-2-4-6-19)9-11-30(12-10-26)15-18-7-8-21-22(13-18)33-17-32-21;3-2(4,5)1(6)7/h2-8,13-14H,9-12,15-17H2,1H3;(H,6,7). The van der Waals surface area contributed by atoms with Crippen molar-refractivity contribution in [2.24, 2.45) is 0 Å². The summed E-state index contributed by atoms with van der Waals surface area (Å²) >= 11 is 0. The highest BCUT2D eigenvalue weighted by molar-refractivity contribution is 5.96. The molecule has 12 heteroatoms. The second-order valence-electron chi connectivity index (χ2n) is 10.0. The third-order valence-corrected chi connectivity index (χ3v) is 7.34. The monoisotopic (exact) mass is 556 g/mol. The number of aromatic nitrogens is 2. The third kappa shape index (κ3) is 5.57. The quantitative estimate of drug-likeness (QED) is 0.514. The van der Waals surface area contributed by atoms with Crippen molar-refractivity contribution in [3.05, 3.63) is 71.5 Å². The number of hydrogen-bond acceptors (Lipinski definition) is 7. The molecule has 0 unspecified atom stereocenters. The number of carboxylic acids is 1. The Labute approximate surface area is 228 Å². The second-order valence-corrected chi connectivity index (χ2v) is 10.0. The molecule has 40 heavy (non-hydrogen) atoms. The summed E-state index contributed by atoms with van der Waals surface area (Å²) in [5.41, 5.74) is 3.62. The number of alkyl halides is 3. The van der Waals surface area contributed by atoms with E-state index in [1.54, 1.807) is 6.20 Å². The fraction of sp³-hybridized carbons (Fsp3) is 0.357. The first-order valence-corrected chi connectivity index (χ1v) is 12.7. The van der Waals surface area contributed by atoms with E-state index in [-0.39, 0.29) is 11.3 Å². The minimum Gasteiger partial charge on any atom is -0.475 e. The van der Waals surface area contributed by atoms with Gasteiger partial charge in [0.25, 0.3) is 5.91 Å². The van der Waals surface area contributed by atoms with Crippen LogP contribution in [0, 0.1) is 0 Å². The number of fused-ring (bicyclic) bond motifs is 3. The molecule has 1 spiro atoms. The highest BCUT2D eigenvalue weighted by Gasteiger charge is 2.45. The third-order valence-electron chi connectivity index (χ3n) is 7.34. The van der Waals surface area contributed by atoms with Crippen LogP contribution in [0.3, 0.4) is 0 Å². The lowest BCUT2D eigenvalue weighted by atomic mass is 9.71. The molecule has 1 fully saturated rings. The lowest BCUT2D eigenvalue weighted by molar-refractivity contribution is -0.192. The number of halogens is 3. The molecule has 1 saturated heterocycles. The second kappa shape index (κ2) is 10.8. The number of benzene rings is 2. The van der Waals surface area contributed by atoms with E-state index >= 15 is 0 Å². The molecule has 3 aliphatic rings. The zero-order chi connectivity index (χ0) is 28.5. The molecule has 0 radical (unpaired) electrons. The van der Waals surface area contributed by atoms with Gasteiger partial charge in [-0.3, -0.25) is 9.69 Å². The van der Waals surface area contributed by atoms with Crippen LogP contribution < -0.4 is 9.47 Å². The fourth-order valence-corrected chi connectivity index (χ4v) is 5.31. The van der Waals surface area contributed by atoms with Crippen LogP contribution in [0.15, 0.2) is 54.7 Å². The minimum atomic E-state index is -5.08. The number of likely N-dealkylation sites (N-methyl/N-ethyl adjacent to an activating group) is 1. The number of rotatable bonds is 3. The summed E-state index contributed by atoms with van der Waals surface area (Å²) in [6.07, 6.45) is -1.45. The Hall–Kier alpha value is -4.19. The molecule has 0 aliphatic carbocycles. The topological polar surface area (TPSA) is 105 Å². The molecule has 0 bridgehead atoms. The maximum atomic E-state index is 12.9. The first kappa shape index (κ1) is 27.4. The summed E-state index contributed by atoms with van der Waals surface area (Å²) in [4.78, 5) is 35.6. The van der Waals surface area contributed by atoms with Gasteiger partial charge in [-0.2, -0.15) is 13.2 Å². The van der Waals surface area contributed by atoms with E-state index in [9.17, 15) is 18.0 Å². The summed E-state index contributed by atoms with van der Waals surface area (Å²) < 4.78 is 42.7. The number of piperidine rings is 1. The van der Waals surface area contributed by atoms with Crippen molar-refractivity contribution in [1.82, 2.24) is 19.8 Å². The van der Waals surface area contributed by atoms with Gasteiger partial charge in [-0.25, -0.2) is 14.8 Å². The van der Waals surface area contributed by atoms with Crippen LogP contribution in [-0.2, 0) is 16.8 Å². The molecule has 210 valence electrons. The van der Waals surface area contributed by atoms with Gasteiger partial charge in [-0.15, -0.1) is 0 Å². The first-order valence-electron chi connectivity index (χ1n) is 12.7. The molecule has 9 nitrogen and oxygen atoms in total. The SMILES string of the molecule is CN1CC2(CCN(Cc3ccc4c(c3)OCO4)CC2)c2nc(-c3ccccc3)ncc2C1=O.O=C(O)C(F)(F)F. The van der Waals surface area contributed by atoms with Crippen LogP contribution in [0.1, 0.15) is 34.5 Å². The maximum Gasteiger partial charge on any atom is 0.490 e.